The van der Waals surface area contributed by atoms with E-state index in [9.17, 15) is 0 Å². The molecule has 0 spiro atoms. The van der Waals surface area contributed by atoms with Gasteiger partial charge < -0.3 is 4.90 Å². The maximum Gasteiger partial charge on any atom is 0.0830 e. The highest BCUT2D eigenvalue weighted by molar-refractivity contribution is 5.12. The van der Waals surface area contributed by atoms with Gasteiger partial charge in [0.1, 0.15) is 0 Å². The Hall–Kier alpha value is -0.910. The smallest absolute Gasteiger partial charge is 0.0830 e. The second kappa shape index (κ2) is 4.95. The molecule has 92 valence electrons. The minimum atomic E-state index is -0.0525. The van der Waals surface area contributed by atoms with Crippen molar-refractivity contribution in [1.29, 1.82) is 0 Å². The number of aromatic nitrogens is 2. The second-order valence-electron chi connectivity index (χ2n) is 4.62. The summed E-state index contributed by atoms with van der Waals surface area (Å²) >= 11 is 0. The topological polar surface area (TPSA) is 59.1 Å². The molecule has 0 bridgehead atoms. The summed E-state index contributed by atoms with van der Waals surface area (Å²) in [6.07, 6.45) is 2.93. The van der Waals surface area contributed by atoms with Crippen molar-refractivity contribution in [2.75, 3.05) is 14.1 Å². The zero-order valence-electron chi connectivity index (χ0n) is 10.9. The molecule has 0 aliphatic rings. The van der Waals surface area contributed by atoms with Crippen LogP contribution in [0.1, 0.15) is 32.0 Å². The zero-order chi connectivity index (χ0) is 12.3. The number of hydrogen-bond donors (Lipinski definition) is 2. The standard InChI is InChI=1S/C11H23N5/c1-6-11(2,15(3)4)10(13-12)9-7-8-16(5)14-9/h7-8,10,13H,6,12H2,1-5H3. The summed E-state index contributed by atoms with van der Waals surface area (Å²) in [4.78, 5) is 2.19. The Morgan fingerprint density at radius 2 is 2.25 bits per heavy atom. The predicted octanol–water partition coefficient (Wildman–Crippen LogP) is 0.655. The van der Waals surface area contributed by atoms with Gasteiger partial charge in [0.25, 0.3) is 0 Å². The summed E-state index contributed by atoms with van der Waals surface area (Å²) in [5, 5.41) is 4.43. The maximum absolute atomic E-state index is 5.69. The normalized spacial score (nSPS) is 17.4. The Balaban J connectivity index is 3.05. The van der Waals surface area contributed by atoms with E-state index in [0.717, 1.165) is 12.1 Å². The number of nitrogens with two attached hydrogens (primary N) is 1. The third-order valence-corrected chi connectivity index (χ3v) is 3.56. The minimum absolute atomic E-state index is 0.0219. The van der Waals surface area contributed by atoms with Crippen LogP contribution in [0.5, 0.6) is 0 Å². The summed E-state index contributed by atoms with van der Waals surface area (Å²) in [6, 6.07) is 2.02. The molecule has 3 N–H and O–H groups in total. The van der Waals surface area contributed by atoms with Gasteiger partial charge in [0.05, 0.1) is 11.7 Å². The SMILES string of the molecule is CCC(C)(C(NN)c1ccn(C)n1)N(C)C. The van der Waals surface area contributed by atoms with Crippen molar-refractivity contribution in [3.8, 4) is 0 Å². The first-order valence-corrected chi connectivity index (χ1v) is 5.58. The summed E-state index contributed by atoms with van der Waals surface area (Å²) in [7, 11) is 6.05. The van der Waals surface area contributed by atoms with Crippen LogP contribution in [0.2, 0.25) is 0 Å². The Bertz CT molecular complexity index is 333. The molecular formula is C11H23N5. The molecule has 1 aromatic heterocycles. The molecule has 1 rings (SSSR count). The molecule has 0 saturated carbocycles. The largest absolute Gasteiger partial charge is 0.302 e. The van der Waals surface area contributed by atoms with Crippen LogP contribution >= 0.6 is 0 Å². The second-order valence-corrected chi connectivity index (χ2v) is 4.62. The minimum Gasteiger partial charge on any atom is -0.302 e. The van der Waals surface area contributed by atoms with Crippen molar-refractivity contribution in [3.05, 3.63) is 18.0 Å². The summed E-state index contributed by atoms with van der Waals surface area (Å²) in [5.74, 6) is 5.69. The van der Waals surface area contributed by atoms with Crippen molar-refractivity contribution < 1.29 is 0 Å². The van der Waals surface area contributed by atoms with Gasteiger partial charge in [0.15, 0.2) is 0 Å². The third kappa shape index (κ3) is 2.26. The van der Waals surface area contributed by atoms with Gasteiger partial charge >= 0.3 is 0 Å². The molecular weight excluding hydrogens is 202 g/mol. The van der Waals surface area contributed by atoms with E-state index in [2.05, 4.69) is 43.4 Å². The number of aryl methyl sites for hydroxylation is 1. The highest BCUT2D eigenvalue weighted by atomic mass is 15.3. The fraction of sp³-hybridized carbons (Fsp3) is 0.727. The average Bonchev–Trinajstić information content (AvgIpc) is 2.65. The van der Waals surface area contributed by atoms with Gasteiger partial charge in [-0.15, -0.1) is 0 Å². The molecule has 0 aromatic carbocycles. The maximum atomic E-state index is 5.69. The lowest BCUT2D eigenvalue weighted by Crippen LogP contribution is -2.53. The van der Waals surface area contributed by atoms with Crippen molar-refractivity contribution >= 4 is 0 Å². The van der Waals surface area contributed by atoms with E-state index in [1.807, 2.05) is 19.3 Å². The average molecular weight is 225 g/mol. The van der Waals surface area contributed by atoms with E-state index in [4.69, 9.17) is 5.84 Å². The highest BCUT2D eigenvalue weighted by Gasteiger charge is 2.36. The summed E-state index contributed by atoms with van der Waals surface area (Å²) < 4.78 is 1.80. The van der Waals surface area contributed by atoms with E-state index >= 15 is 0 Å². The molecule has 0 saturated heterocycles. The molecule has 0 amide bonds. The molecule has 5 nitrogen and oxygen atoms in total. The molecule has 0 aliphatic heterocycles. The van der Waals surface area contributed by atoms with Crippen molar-refractivity contribution in [3.63, 3.8) is 0 Å². The van der Waals surface area contributed by atoms with Crippen LogP contribution in [0, 0.1) is 0 Å². The van der Waals surface area contributed by atoms with Gasteiger partial charge in [0, 0.05) is 18.8 Å². The van der Waals surface area contributed by atoms with Gasteiger partial charge in [-0.2, -0.15) is 5.10 Å². The fourth-order valence-corrected chi connectivity index (χ4v) is 1.95. The molecule has 1 heterocycles. The van der Waals surface area contributed by atoms with Crippen LogP contribution in [0.25, 0.3) is 0 Å². The molecule has 2 unspecified atom stereocenters. The molecule has 0 radical (unpaired) electrons. The third-order valence-electron chi connectivity index (χ3n) is 3.56. The first kappa shape index (κ1) is 13.2. The van der Waals surface area contributed by atoms with Crippen molar-refractivity contribution in [2.24, 2.45) is 12.9 Å². The van der Waals surface area contributed by atoms with E-state index in [-0.39, 0.29) is 11.6 Å². The predicted molar refractivity (Wildman–Crippen MR) is 65.7 cm³/mol. The lowest BCUT2D eigenvalue weighted by atomic mass is 9.86. The number of likely N-dealkylation sites (N-methyl/N-ethyl adjacent to an activating group) is 1. The Morgan fingerprint density at radius 3 is 2.56 bits per heavy atom. The molecule has 2 atom stereocenters. The molecule has 0 fully saturated rings. The lowest BCUT2D eigenvalue weighted by molar-refractivity contribution is 0.110. The molecule has 0 aliphatic carbocycles. The molecule has 5 heteroatoms. The Labute approximate surface area is 97.6 Å². The van der Waals surface area contributed by atoms with Crippen molar-refractivity contribution in [2.45, 2.75) is 31.8 Å². The van der Waals surface area contributed by atoms with Gasteiger partial charge in [-0.1, -0.05) is 6.92 Å². The summed E-state index contributed by atoms with van der Waals surface area (Å²) in [6.45, 7) is 4.35. The number of nitrogens with one attached hydrogen (secondary N) is 1. The summed E-state index contributed by atoms with van der Waals surface area (Å²) in [5.41, 5.74) is 3.81. The van der Waals surface area contributed by atoms with Gasteiger partial charge in [-0.25, -0.2) is 5.43 Å². The van der Waals surface area contributed by atoms with E-state index in [1.165, 1.54) is 0 Å². The number of hydrazine groups is 1. The zero-order valence-corrected chi connectivity index (χ0v) is 10.9. The van der Waals surface area contributed by atoms with Gasteiger partial charge in [0.2, 0.25) is 0 Å². The van der Waals surface area contributed by atoms with Crippen LogP contribution in [-0.2, 0) is 7.05 Å². The number of nitrogens with zero attached hydrogens (tertiary/aromatic N) is 3. The highest BCUT2D eigenvalue weighted by Crippen LogP contribution is 2.30. The van der Waals surface area contributed by atoms with Crippen LogP contribution in [0.15, 0.2) is 12.3 Å². The molecule has 1 aromatic rings. The van der Waals surface area contributed by atoms with Crippen molar-refractivity contribution in [1.82, 2.24) is 20.1 Å². The van der Waals surface area contributed by atoms with Crippen LogP contribution < -0.4 is 11.3 Å². The quantitative estimate of drug-likeness (QED) is 0.571. The van der Waals surface area contributed by atoms with Crippen LogP contribution in [0.4, 0.5) is 0 Å². The van der Waals surface area contributed by atoms with Crippen LogP contribution in [-0.4, -0.2) is 34.3 Å². The number of rotatable bonds is 5. The van der Waals surface area contributed by atoms with Gasteiger partial charge in [-0.3, -0.25) is 10.5 Å². The lowest BCUT2D eigenvalue weighted by Gasteiger charge is -2.41. The van der Waals surface area contributed by atoms with E-state index < -0.39 is 0 Å². The van der Waals surface area contributed by atoms with Crippen LogP contribution in [0.3, 0.4) is 0 Å². The Kier molecular flexibility index (Phi) is 4.07. The van der Waals surface area contributed by atoms with E-state index in [1.54, 1.807) is 4.68 Å². The van der Waals surface area contributed by atoms with Gasteiger partial charge in [-0.05, 0) is 33.5 Å². The number of hydrogen-bond acceptors (Lipinski definition) is 4. The first-order valence-electron chi connectivity index (χ1n) is 5.58. The van der Waals surface area contributed by atoms with E-state index in [0.29, 0.717) is 0 Å². The monoisotopic (exact) mass is 225 g/mol. The Morgan fingerprint density at radius 1 is 1.62 bits per heavy atom. The fourth-order valence-electron chi connectivity index (χ4n) is 1.95. The molecule has 16 heavy (non-hydrogen) atoms. The first-order chi connectivity index (χ1) is 7.45.